The van der Waals surface area contributed by atoms with Crippen molar-refractivity contribution in [2.45, 2.75) is 6.92 Å². The molecule has 2 rings (SSSR count). The van der Waals surface area contributed by atoms with E-state index in [0.717, 1.165) is 4.57 Å². The molecule has 0 aliphatic heterocycles. The predicted octanol–water partition coefficient (Wildman–Crippen LogP) is 0.0528. The van der Waals surface area contributed by atoms with Crippen LogP contribution in [-0.4, -0.2) is 19.3 Å². The van der Waals surface area contributed by atoms with E-state index in [4.69, 9.17) is 5.73 Å². The topological polar surface area (TPSA) is 110 Å². The number of phenols is 2. The van der Waals surface area contributed by atoms with E-state index in [1.54, 1.807) is 13.0 Å². The van der Waals surface area contributed by atoms with Crippen molar-refractivity contribution < 1.29 is 10.2 Å². The van der Waals surface area contributed by atoms with Crippen molar-refractivity contribution in [1.82, 2.24) is 9.13 Å². The molecule has 4 N–H and O–H groups in total. The number of aryl methyl sites for hydroxylation is 1. The minimum absolute atomic E-state index is 0.0981. The predicted molar refractivity (Wildman–Crippen MR) is 74.8 cm³/mol. The second-order valence-corrected chi connectivity index (χ2v) is 4.63. The highest BCUT2D eigenvalue weighted by molar-refractivity contribution is 5.75. The Balaban J connectivity index is 2.91. The van der Waals surface area contributed by atoms with Crippen LogP contribution in [0.1, 0.15) is 5.56 Å². The molecule has 0 atom stereocenters. The van der Waals surface area contributed by atoms with Gasteiger partial charge in [0.05, 0.1) is 5.69 Å². The molecule has 1 heterocycles. The number of nitrogens with two attached hydrogens (primary N) is 1. The van der Waals surface area contributed by atoms with Crippen molar-refractivity contribution in [1.29, 1.82) is 0 Å². The normalized spacial score (nSPS) is 10.8. The maximum Gasteiger partial charge on any atom is 0.331 e. The van der Waals surface area contributed by atoms with Gasteiger partial charge in [0.1, 0.15) is 5.69 Å². The van der Waals surface area contributed by atoms with Gasteiger partial charge in [0.25, 0.3) is 5.56 Å². The number of hydrogen-bond donors (Lipinski definition) is 3. The molecule has 20 heavy (non-hydrogen) atoms. The fourth-order valence-corrected chi connectivity index (χ4v) is 2.12. The first-order valence-electron chi connectivity index (χ1n) is 5.84. The second-order valence-electron chi connectivity index (χ2n) is 4.63. The minimum Gasteiger partial charge on any atom is -0.504 e. The summed E-state index contributed by atoms with van der Waals surface area (Å²) >= 11 is 0. The lowest BCUT2D eigenvalue weighted by atomic mass is 10.1. The molecule has 1 aromatic carbocycles. The highest BCUT2D eigenvalue weighted by Crippen LogP contribution is 2.34. The first-order valence-corrected chi connectivity index (χ1v) is 5.84. The number of benzene rings is 1. The monoisotopic (exact) mass is 277 g/mol. The Bertz CT molecular complexity index is 757. The summed E-state index contributed by atoms with van der Waals surface area (Å²) in [6.07, 6.45) is 0. The molecule has 0 fully saturated rings. The van der Waals surface area contributed by atoms with E-state index in [2.05, 4.69) is 0 Å². The molecule has 0 saturated heterocycles. The summed E-state index contributed by atoms with van der Waals surface area (Å²) in [5, 5.41) is 19.2. The van der Waals surface area contributed by atoms with Crippen LogP contribution in [0.3, 0.4) is 0 Å². The third kappa shape index (κ3) is 1.83. The van der Waals surface area contributed by atoms with Crippen LogP contribution in [-0.2, 0) is 14.1 Å². The number of anilines is 1. The van der Waals surface area contributed by atoms with Gasteiger partial charge in [0, 0.05) is 19.7 Å². The van der Waals surface area contributed by atoms with Gasteiger partial charge >= 0.3 is 5.69 Å². The van der Waals surface area contributed by atoms with Gasteiger partial charge in [0.2, 0.25) is 0 Å². The molecule has 0 aliphatic carbocycles. The highest BCUT2D eigenvalue weighted by Gasteiger charge is 2.16. The van der Waals surface area contributed by atoms with Crippen molar-refractivity contribution in [3.05, 3.63) is 38.5 Å². The van der Waals surface area contributed by atoms with Gasteiger partial charge in [0.15, 0.2) is 11.5 Å². The summed E-state index contributed by atoms with van der Waals surface area (Å²) in [6, 6.07) is 2.80. The van der Waals surface area contributed by atoms with E-state index < -0.39 is 11.2 Å². The first kappa shape index (κ1) is 13.7. The second kappa shape index (κ2) is 4.44. The molecule has 1 aromatic heterocycles. The van der Waals surface area contributed by atoms with Crippen LogP contribution in [0.5, 0.6) is 11.5 Å². The summed E-state index contributed by atoms with van der Waals surface area (Å²) in [4.78, 5) is 23.8. The van der Waals surface area contributed by atoms with Gasteiger partial charge in [-0.3, -0.25) is 13.9 Å². The number of nitrogens with zero attached hydrogens (tertiary/aromatic N) is 2. The van der Waals surface area contributed by atoms with Crippen LogP contribution in [0.15, 0.2) is 21.7 Å². The number of phenolic OH excluding ortho intramolecular Hbond substituents is 2. The molecule has 7 heteroatoms. The Morgan fingerprint density at radius 1 is 1.10 bits per heavy atom. The summed E-state index contributed by atoms with van der Waals surface area (Å²) in [6.45, 7) is 1.59. The molecule has 0 spiro atoms. The maximum absolute atomic E-state index is 11.9. The van der Waals surface area contributed by atoms with E-state index in [-0.39, 0.29) is 22.9 Å². The molecule has 106 valence electrons. The average molecular weight is 277 g/mol. The van der Waals surface area contributed by atoms with E-state index in [1.807, 2.05) is 0 Å². The zero-order chi connectivity index (χ0) is 15.2. The number of hydrogen-bond acceptors (Lipinski definition) is 5. The Morgan fingerprint density at radius 3 is 2.25 bits per heavy atom. The van der Waals surface area contributed by atoms with Gasteiger partial charge in [-0.05, 0) is 24.6 Å². The first-order chi connectivity index (χ1) is 9.25. The van der Waals surface area contributed by atoms with Crippen molar-refractivity contribution in [2.24, 2.45) is 14.1 Å². The number of aromatic nitrogens is 2. The Morgan fingerprint density at radius 2 is 1.70 bits per heavy atom. The molecule has 0 saturated carbocycles. The molecule has 0 unspecified atom stereocenters. The Hall–Kier alpha value is -2.70. The third-order valence-corrected chi connectivity index (χ3v) is 3.25. The number of rotatable bonds is 1. The van der Waals surface area contributed by atoms with Gasteiger partial charge in [-0.2, -0.15) is 0 Å². The Kier molecular flexibility index (Phi) is 3.05. The molecular weight excluding hydrogens is 262 g/mol. The summed E-state index contributed by atoms with van der Waals surface area (Å²) in [5.41, 5.74) is 5.56. The van der Waals surface area contributed by atoms with Crippen LogP contribution in [0.2, 0.25) is 0 Å². The van der Waals surface area contributed by atoms with Crippen LogP contribution >= 0.6 is 0 Å². The fraction of sp³-hybridized carbons (Fsp3) is 0.231. The lowest BCUT2D eigenvalue weighted by molar-refractivity contribution is 0.401. The van der Waals surface area contributed by atoms with Gasteiger partial charge in [-0.15, -0.1) is 0 Å². The number of nitrogen functional groups attached to an aromatic ring is 1. The third-order valence-electron chi connectivity index (χ3n) is 3.25. The zero-order valence-electron chi connectivity index (χ0n) is 11.3. The van der Waals surface area contributed by atoms with Gasteiger partial charge < -0.3 is 15.9 Å². The minimum atomic E-state index is -0.603. The molecule has 0 aliphatic rings. The van der Waals surface area contributed by atoms with E-state index in [0.29, 0.717) is 11.1 Å². The zero-order valence-corrected chi connectivity index (χ0v) is 11.3. The highest BCUT2D eigenvalue weighted by atomic mass is 16.3. The number of aromatic hydroxyl groups is 2. The quantitative estimate of drug-likeness (QED) is 0.638. The van der Waals surface area contributed by atoms with Crippen LogP contribution in [0, 0.1) is 6.92 Å². The molecule has 2 aromatic rings. The summed E-state index contributed by atoms with van der Waals surface area (Å²) < 4.78 is 2.13. The standard InChI is InChI=1S/C13H15N3O4/c1-6-4-7(5-8(17)11(6)18)10-9(14)12(19)16(3)13(20)15(10)2/h4-5,17-18H,14H2,1-3H3. The summed E-state index contributed by atoms with van der Waals surface area (Å²) in [5.74, 6) is -0.589. The maximum atomic E-state index is 11.9. The SMILES string of the molecule is Cc1cc(-c2c(N)c(=O)n(C)c(=O)n2C)cc(O)c1O. The van der Waals surface area contributed by atoms with Crippen molar-refractivity contribution in [3.8, 4) is 22.8 Å². The van der Waals surface area contributed by atoms with E-state index in [1.165, 1.54) is 24.7 Å². The lowest BCUT2D eigenvalue weighted by Gasteiger charge is -2.14. The van der Waals surface area contributed by atoms with Crippen LogP contribution < -0.4 is 17.0 Å². The molecular formula is C13H15N3O4. The molecule has 0 radical (unpaired) electrons. The van der Waals surface area contributed by atoms with Crippen LogP contribution in [0.4, 0.5) is 5.69 Å². The van der Waals surface area contributed by atoms with Gasteiger partial charge in [-0.1, -0.05) is 0 Å². The largest absolute Gasteiger partial charge is 0.504 e. The molecule has 7 nitrogen and oxygen atoms in total. The molecule has 0 bridgehead atoms. The van der Waals surface area contributed by atoms with E-state index in [9.17, 15) is 19.8 Å². The lowest BCUT2D eigenvalue weighted by Crippen LogP contribution is -2.39. The van der Waals surface area contributed by atoms with Gasteiger partial charge in [-0.25, -0.2) is 4.79 Å². The van der Waals surface area contributed by atoms with Crippen molar-refractivity contribution in [2.75, 3.05) is 5.73 Å². The van der Waals surface area contributed by atoms with Crippen molar-refractivity contribution >= 4 is 5.69 Å². The van der Waals surface area contributed by atoms with Crippen LogP contribution in [0.25, 0.3) is 11.3 Å². The smallest absolute Gasteiger partial charge is 0.331 e. The average Bonchev–Trinajstić information content (AvgIpc) is 2.40. The molecule has 0 amide bonds. The summed E-state index contributed by atoms with van der Waals surface area (Å²) in [7, 11) is 2.82. The fourth-order valence-electron chi connectivity index (χ4n) is 2.12. The van der Waals surface area contributed by atoms with E-state index >= 15 is 0 Å². The Labute approximate surface area is 114 Å². The van der Waals surface area contributed by atoms with Crippen molar-refractivity contribution in [3.63, 3.8) is 0 Å².